The molecule has 0 unspecified atom stereocenters. The fraction of sp³-hybridized carbons (Fsp3) is 0.455. The molecule has 0 aliphatic carbocycles. The number of rotatable bonds is 7. The Morgan fingerprint density at radius 2 is 2.10 bits per heavy atom. The number of aliphatic hydroxyl groups is 1. The highest BCUT2D eigenvalue weighted by atomic mass is 32.2. The van der Waals surface area contributed by atoms with Crippen LogP contribution in [0.3, 0.4) is 0 Å². The van der Waals surface area contributed by atoms with Crippen LogP contribution in [0, 0.1) is 10.1 Å². The Morgan fingerprint density at radius 3 is 2.60 bits per heavy atom. The van der Waals surface area contributed by atoms with Gasteiger partial charge in [0.05, 0.1) is 4.92 Å². The molecule has 0 saturated heterocycles. The number of hydrogen-bond donors (Lipinski definition) is 2. The van der Waals surface area contributed by atoms with E-state index in [1.165, 1.54) is 6.07 Å². The van der Waals surface area contributed by atoms with Crippen LogP contribution in [0.2, 0.25) is 0 Å². The summed E-state index contributed by atoms with van der Waals surface area (Å²) in [6.07, 6.45) is 0.260. The SMILES string of the molecule is CCN(CCCO)S(=O)(=O)c1ccc(N)cc1[N+](=O)[O-]. The summed E-state index contributed by atoms with van der Waals surface area (Å²) in [5.41, 5.74) is 5.02. The molecule has 20 heavy (non-hydrogen) atoms. The minimum Gasteiger partial charge on any atom is -0.399 e. The summed E-state index contributed by atoms with van der Waals surface area (Å²) in [5.74, 6) is 0. The molecule has 1 rings (SSSR count). The van der Waals surface area contributed by atoms with Gasteiger partial charge in [0.2, 0.25) is 10.0 Å². The van der Waals surface area contributed by atoms with Gasteiger partial charge in [0.15, 0.2) is 4.90 Å². The van der Waals surface area contributed by atoms with Gasteiger partial charge in [0, 0.05) is 31.5 Å². The number of sulfonamides is 1. The fourth-order valence-corrected chi connectivity index (χ4v) is 3.35. The maximum absolute atomic E-state index is 12.4. The van der Waals surface area contributed by atoms with Gasteiger partial charge in [0.1, 0.15) is 0 Å². The molecule has 0 heterocycles. The summed E-state index contributed by atoms with van der Waals surface area (Å²) in [5, 5.41) is 19.8. The average molecular weight is 303 g/mol. The van der Waals surface area contributed by atoms with E-state index in [0.717, 1.165) is 16.4 Å². The molecule has 0 aliphatic rings. The highest BCUT2D eigenvalue weighted by Gasteiger charge is 2.30. The molecule has 1 aromatic rings. The Kier molecular flexibility index (Phi) is 5.43. The number of nitrogen functional groups attached to an aromatic ring is 1. The second-order valence-electron chi connectivity index (χ2n) is 4.06. The van der Waals surface area contributed by atoms with Crippen molar-refractivity contribution in [3.63, 3.8) is 0 Å². The van der Waals surface area contributed by atoms with Crippen molar-refractivity contribution >= 4 is 21.4 Å². The Bertz CT molecular complexity index is 588. The monoisotopic (exact) mass is 303 g/mol. The first-order valence-electron chi connectivity index (χ1n) is 5.99. The van der Waals surface area contributed by atoms with Crippen molar-refractivity contribution in [2.24, 2.45) is 0 Å². The van der Waals surface area contributed by atoms with E-state index in [9.17, 15) is 18.5 Å². The number of nitro groups is 1. The average Bonchev–Trinajstić information content (AvgIpc) is 2.38. The van der Waals surface area contributed by atoms with E-state index in [4.69, 9.17) is 10.8 Å². The lowest BCUT2D eigenvalue weighted by molar-refractivity contribution is -0.387. The Balaban J connectivity index is 3.30. The molecule has 3 N–H and O–H groups in total. The zero-order valence-corrected chi connectivity index (χ0v) is 11.8. The van der Waals surface area contributed by atoms with Crippen molar-refractivity contribution in [2.45, 2.75) is 18.2 Å². The third-order valence-corrected chi connectivity index (χ3v) is 4.74. The largest absolute Gasteiger partial charge is 0.399 e. The van der Waals surface area contributed by atoms with E-state index in [1.54, 1.807) is 6.92 Å². The zero-order chi connectivity index (χ0) is 15.3. The molecule has 112 valence electrons. The van der Waals surface area contributed by atoms with Crippen molar-refractivity contribution in [3.05, 3.63) is 28.3 Å². The van der Waals surface area contributed by atoms with E-state index >= 15 is 0 Å². The summed E-state index contributed by atoms with van der Waals surface area (Å²) in [7, 11) is -3.99. The first kappa shape index (κ1) is 16.3. The van der Waals surface area contributed by atoms with Crippen molar-refractivity contribution in [1.82, 2.24) is 4.31 Å². The topological polar surface area (TPSA) is 127 Å². The van der Waals surface area contributed by atoms with Crippen LogP contribution in [0.1, 0.15) is 13.3 Å². The fourth-order valence-electron chi connectivity index (χ4n) is 1.73. The first-order valence-corrected chi connectivity index (χ1v) is 7.43. The van der Waals surface area contributed by atoms with Crippen LogP contribution in [0.15, 0.2) is 23.1 Å². The molecule has 0 atom stereocenters. The van der Waals surface area contributed by atoms with E-state index in [0.29, 0.717) is 0 Å². The lowest BCUT2D eigenvalue weighted by Gasteiger charge is -2.20. The normalized spacial score (nSPS) is 11.8. The molecular weight excluding hydrogens is 286 g/mol. The van der Waals surface area contributed by atoms with E-state index in [-0.39, 0.29) is 31.8 Å². The standard InChI is InChI=1S/C11H17N3O5S/c1-2-13(6-3-7-15)20(18,19)11-5-4-9(12)8-10(11)14(16)17/h4-5,8,15H,2-3,6-7,12H2,1H3. The van der Waals surface area contributed by atoms with Gasteiger partial charge in [-0.3, -0.25) is 10.1 Å². The van der Waals surface area contributed by atoms with Crippen molar-refractivity contribution in [2.75, 3.05) is 25.4 Å². The van der Waals surface area contributed by atoms with Gasteiger partial charge in [-0.05, 0) is 18.6 Å². The van der Waals surface area contributed by atoms with E-state index in [2.05, 4.69) is 0 Å². The van der Waals surface area contributed by atoms with Gasteiger partial charge in [-0.1, -0.05) is 6.92 Å². The lowest BCUT2D eigenvalue weighted by Crippen LogP contribution is -2.32. The first-order chi connectivity index (χ1) is 9.34. The van der Waals surface area contributed by atoms with Crippen LogP contribution in [0.4, 0.5) is 11.4 Å². The van der Waals surface area contributed by atoms with Gasteiger partial charge >= 0.3 is 0 Å². The number of nitro benzene ring substituents is 1. The quantitative estimate of drug-likeness (QED) is 0.430. The molecule has 1 aromatic carbocycles. The van der Waals surface area contributed by atoms with Crippen LogP contribution in [-0.4, -0.2) is 42.4 Å². The van der Waals surface area contributed by atoms with Gasteiger partial charge in [0.25, 0.3) is 5.69 Å². The lowest BCUT2D eigenvalue weighted by atomic mass is 10.3. The molecule has 0 saturated carbocycles. The summed E-state index contributed by atoms with van der Waals surface area (Å²) in [6.45, 7) is 1.72. The number of anilines is 1. The number of aliphatic hydroxyl groups excluding tert-OH is 1. The molecule has 8 nitrogen and oxygen atoms in total. The summed E-state index contributed by atoms with van der Waals surface area (Å²) in [6, 6.07) is 3.46. The Morgan fingerprint density at radius 1 is 1.45 bits per heavy atom. The summed E-state index contributed by atoms with van der Waals surface area (Å²) < 4.78 is 25.9. The predicted octanol–water partition coefficient (Wildman–Crippen LogP) is 0.570. The van der Waals surface area contributed by atoms with Crippen molar-refractivity contribution in [3.8, 4) is 0 Å². The third-order valence-electron chi connectivity index (χ3n) is 2.72. The van der Waals surface area contributed by atoms with Crippen LogP contribution in [0.5, 0.6) is 0 Å². The maximum Gasteiger partial charge on any atom is 0.291 e. The van der Waals surface area contributed by atoms with E-state index < -0.39 is 25.5 Å². The zero-order valence-electron chi connectivity index (χ0n) is 11.0. The third kappa shape index (κ3) is 3.44. The molecule has 0 amide bonds. The molecule has 0 bridgehead atoms. The van der Waals surface area contributed by atoms with Crippen molar-refractivity contribution < 1.29 is 18.4 Å². The molecule has 0 spiro atoms. The Hall–Kier alpha value is -1.71. The van der Waals surface area contributed by atoms with E-state index in [1.807, 2.05) is 0 Å². The minimum absolute atomic E-state index is 0.0941. The molecule has 0 aromatic heterocycles. The summed E-state index contributed by atoms with van der Waals surface area (Å²) >= 11 is 0. The maximum atomic E-state index is 12.4. The summed E-state index contributed by atoms with van der Waals surface area (Å²) in [4.78, 5) is 9.81. The molecule has 0 aliphatic heterocycles. The molecule has 0 radical (unpaired) electrons. The number of nitrogens with two attached hydrogens (primary N) is 1. The highest BCUT2D eigenvalue weighted by Crippen LogP contribution is 2.28. The van der Waals surface area contributed by atoms with Crippen LogP contribution in [-0.2, 0) is 10.0 Å². The predicted molar refractivity (Wildman–Crippen MR) is 73.6 cm³/mol. The van der Waals surface area contributed by atoms with Crippen molar-refractivity contribution in [1.29, 1.82) is 0 Å². The molecular formula is C11H17N3O5S. The Labute approximate surface area is 117 Å². The van der Waals surface area contributed by atoms with Gasteiger partial charge in [-0.25, -0.2) is 8.42 Å². The van der Waals surface area contributed by atoms with Gasteiger partial charge in [-0.2, -0.15) is 4.31 Å². The molecule has 9 heteroatoms. The number of nitrogens with zero attached hydrogens (tertiary/aromatic N) is 2. The second-order valence-corrected chi connectivity index (χ2v) is 5.96. The second kappa shape index (κ2) is 6.64. The van der Waals surface area contributed by atoms with Crippen LogP contribution in [0.25, 0.3) is 0 Å². The van der Waals surface area contributed by atoms with Gasteiger partial charge < -0.3 is 10.8 Å². The highest BCUT2D eigenvalue weighted by molar-refractivity contribution is 7.89. The minimum atomic E-state index is -3.99. The smallest absolute Gasteiger partial charge is 0.291 e. The molecule has 0 fully saturated rings. The van der Waals surface area contributed by atoms with Gasteiger partial charge in [-0.15, -0.1) is 0 Å². The number of hydrogen-bond acceptors (Lipinski definition) is 6. The van der Waals surface area contributed by atoms with Crippen LogP contribution >= 0.6 is 0 Å². The van der Waals surface area contributed by atoms with Crippen LogP contribution < -0.4 is 5.73 Å². The number of benzene rings is 1.